The number of hydrogen-bond donors (Lipinski definition) is 1. The molecule has 0 radical (unpaired) electrons. The van der Waals surface area contributed by atoms with E-state index in [-0.39, 0.29) is 6.04 Å². The third-order valence-electron chi connectivity index (χ3n) is 4.47. The van der Waals surface area contributed by atoms with Gasteiger partial charge in [-0.2, -0.15) is 0 Å². The lowest BCUT2D eigenvalue weighted by atomic mass is 9.77. The van der Waals surface area contributed by atoms with Gasteiger partial charge in [0.15, 0.2) is 11.5 Å². The van der Waals surface area contributed by atoms with Crippen molar-refractivity contribution in [3.05, 3.63) is 59.7 Å². The van der Waals surface area contributed by atoms with Crippen LogP contribution < -0.4 is 15.2 Å². The Morgan fingerprint density at radius 3 is 2.50 bits per heavy atom. The smallest absolute Gasteiger partial charge is 0.161 e. The number of hydrogen-bond acceptors (Lipinski definition) is 3. The van der Waals surface area contributed by atoms with Gasteiger partial charge in [-0.25, -0.2) is 0 Å². The zero-order valence-electron chi connectivity index (χ0n) is 13.0. The topological polar surface area (TPSA) is 44.5 Å². The van der Waals surface area contributed by atoms with E-state index in [1.165, 1.54) is 19.3 Å². The number of methoxy groups -OCH3 is 1. The first-order valence-corrected chi connectivity index (χ1v) is 7.88. The van der Waals surface area contributed by atoms with E-state index in [9.17, 15) is 0 Å². The molecular formula is C19H23NO2. The predicted molar refractivity (Wildman–Crippen MR) is 88.0 cm³/mol. The highest BCUT2D eigenvalue weighted by Crippen LogP contribution is 2.38. The summed E-state index contributed by atoms with van der Waals surface area (Å²) < 4.78 is 11.4. The second-order valence-electron chi connectivity index (χ2n) is 5.90. The van der Waals surface area contributed by atoms with Crippen LogP contribution in [0.4, 0.5) is 0 Å². The molecule has 2 N–H and O–H groups in total. The summed E-state index contributed by atoms with van der Waals surface area (Å²) in [6.45, 7) is 0.527. The number of ether oxygens (including phenoxy) is 2. The fourth-order valence-electron chi connectivity index (χ4n) is 2.82. The molecule has 0 heterocycles. The van der Waals surface area contributed by atoms with E-state index in [1.54, 1.807) is 7.11 Å². The standard InChI is InChI=1S/C19H23NO2/c1-21-17-11-10-16(19(20)15-8-5-9-15)12-18(17)22-13-14-6-3-2-4-7-14/h2-4,6-7,10-12,15,19H,5,8-9,13,20H2,1H3/t19-/m1/s1. The van der Waals surface area contributed by atoms with E-state index < -0.39 is 0 Å². The lowest BCUT2D eigenvalue weighted by Crippen LogP contribution is -2.26. The van der Waals surface area contributed by atoms with Crippen molar-refractivity contribution in [2.45, 2.75) is 31.9 Å². The lowest BCUT2D eigenvalue weighted by molar-refractivity contribution is 0.261. The minimum Gasteiger partial charge on any atom is -0.493 e. The van der Waals surface area contributed by atoms with E-state index in [0.29, 0.717) is 12.5 Å². The van der Waals surface area contributed by atoms with Crippen LogP contribution in [-0.2, 0) is 6.61 Å². The normalized spacial score (nSPS) is 15.9. The molecule has 3 rings (SSSR count). The monoisotopic (exact) mass is 297 g/mol. The Labute approximate surface area is 132 Å². The lowest BCUT2D eigenvalue weighted by Gasteiger charge is -2.31. The third-order valence-corrected chi connectivity index (χ3v) is 4.47. The van der Waals surface area contributed by atoms with Crippen LogP contribution in [0.5, 0.6) is 11.5 Å². The molecule has 2 aromatic rings. The Morgan fingerprint density at radius 1 is 1.09 bits per heavy atom. The summed E-state index contributed by atoms with van der Waals surface area (Å²) in [6, 6.07) is 16.3. The van der Waals surface area contributed by atoms with E-state index in [0.717, 1.165) is 22.6 Å². The van der Waals surface area contributed by atoms with Gasteiger partial charge in [-0.15, -0.1) is 0 Å². The first-order valence-electron chi connectivity index (χ1n) is 7.88. The molecule has 0 amide bonds. The van der Waals surface area contributed by atoms with Gasteiger partial charge in [-0.05, 0) is 42.0 Å². The Morgan fingerprint density at radius 2 is 1.86 bits per heavy atom. The van der Waals surface area contributed by atoms with E-state index in [1.807, 2.05) is 30.3 Å². The second kappa shape index (κ2) is 6.84. The SMILES string of the molecule is COc1ccc([C@H](N)C2CCC2)cc1OCc1ccccc1. The molecule has 3 heteroatoms. The average molecular weight is 297 g/mol. The van der Waals surface area contributed by atoms with Gasteiger partial charge in [0.05, 0.1) is 7.11 Å². The third kappa shape index (κ3) is 3.25. The highest BCUT2D eigenvalue weighted by atomic mass is 16.5. The van der Waals surface area contributed by atoms with Crippen molar-refractivity contribution in [3.8, 4) is 11.5 Å². The van der Waals surface area contributed by atoms with Crippen molar-refractivity contribution in [1.82, 2.24) is 0 Å². The molecule has 3 nitrogen and oxygen atoms in total. The Bertz CT molecular complexity index is 608. The first kappa shape index (κ1) is 14.9. The second-order valence-corrected chi connectivity index (χ2v) is 5.90. The van der Waals surface area contributed by atoms with Crippen LogP contribution in [0, 0.1) is 5.92 Å². The van der Waals surface area contributed by atoms with E-state index in [2.05, 4.69) is 18.2 Å². The molecule has 0 saturated heterocycles. The molecular weight excluding hydrogens is 274 g/mol. The molecule has 1 atom stereocenters. The number of nitrogens with two attached hydrogens (primary N) is 1. The summed E-state index contributed by atoms with van der Waals surface area (Å²) >= 11 is 0. The van der Waals surface area contributed by atoms with Crippen molar-refractivity contribution in [2.75, 3.05) is 7.11 Å². The van der Waals surface area contributed by atoms with Crippen molar-refractivity contribution in [3.63, 3.8) is 0 Å². The van der Waals surface area contributed by atoms with Crippen molar-refractivity contribution in [2.24, 2.45) is 11.7 Å². The molecule has 0 bridgehead atoms. The Kier molecular flexibility index (Phi) is 4.64. The van der Waals surface area contributed by atoms with Crippen LogP contribution in [-0.4, -0.2) is 7.11 Å². The van der Waals surface area contributed by atoms with Gasteiger partial charge in [0.25, 0.3) is 0 Å². The summed E-state index contributed by atoms with van der Waals surface area (Å²) in [6.07, 6.45) is 3.76. The predicted octanol–water partition coefficient (Wildman–Crippen LogP) is 4.07. The molecule has 1 aliphatic carbocycles. The maximum absolute atomic E-state index is 6.37. The maximum Gasteiger partial charge on any atom is 0.161 e. The van der Waals surface area contributed by atoms with Gasteiger partial charge in [-0.3, -0.25) is 0 Å². The largest absolute Gasteiger partial charge is 0.493 e. The minimum atomic E-state index is 0.0960. The average Bonchev–Trinajstić information content (AvgIpc) is 2.52. The quantitative estimate of drug-likeness (QED) is 0.874. The Balaban J connectivity index is 1.75. The zero-order valence-corrected chi connectivity index (χ0v) is 13.0. The van der Waals surface area contributed by atoms with Gasteiger partial charge < -0.3 is 15.2 Å². The Hall–Kier alpha value is -2.00. The molecule has 22 heavy (non-hydrogen) atoms. The molecule has 2 aromatic carbocycles. The molecule has 0 aliphatic heterocycles. The summed E-state index contributed by atoms with van der Waals surface area (Å²) in [5.41, 5.74) is 8.64. The molecule has 0 spiro atoms. The maximum atomic E-state index is 6.37. The van der Waals surface area contributed by atoms with Gasteiger partial charge in [0, 0.05) is 6.04 Å². The fourth-order valence-corrected chi connectivity index (χ4v) is 2.82. The molecule has 116 valence electrons. The van der Waals surface area contributed by atoms with Crippen molar-refractivity contribution < 1.29 is 9.47 Å². The van der Waals surface area contributed by atoms with Crippen LogP contribution in [0.15, 0.2) is 48.5 Å². The molecule has 1 saturated carbocycles. The van der Waals surface area contributed by atoms with Gasteiger partial charge in [0.2, 0.25) is 0 Å². The summed E-state index contributed by atoms with van der Waals surface area (Å²) in [7, 11) is 1.66. The molecule has 0 unspecified atom stereocenters. The van der Waals surface area contributed by atoms with Crippen LogP contribution in [0.1, 0.15) is 36.4 Å². The number of rotatable bonds is 6. The van der Waals surface area contributed by atoms with Crippen molar-refractivity contribution in [1.29, 1.82) is 0 Å². The molecule has 1 aliphatic rings. The van der Waals surface area contributed by atoms with Crippen LogP contribution >= 0.6 is 0 Å². The number of benzene rings is 2. The molecule has 1 fully saturated rings. The van der Waals surface area contributed by atoms with Crippen molar-refractivity contribution >= 4 is 0 Å². The zero-order chi connectivity index (χ0) is 15.4. The highest BCUT2D eigenvalue weighted by molar-refractivity contribution is 5.44. The highest BCUT2D eigenvalue weighted by Gasteiger charge is 2.26. The van der Waals surface area contributed by atoms with E-state index in [4.69, 9.17) is 15.2 Å². The van der Waals surface area contributed by atoms with Crippen LogP contribution in [0.25, 0.3) is 0 Å². The fraction of sp³-hybridized carbons (Fsp3) is 0.368. The first-order chi connectivity index (χ1) is 10.8. The minimum absolute atomic E-state index is 0.0960. The van der Waals surface area contributed by atoms with Gasteiger partial charge in [-0.1, -0.05) is 42.8 Å². The van der Waals surface area contributed by atoms with Gasteiger partial charge in [0.1, 0.15) is 6.61 Å². The summed E-state index contributed by atoms with van der Waals surface area (Å²) in [4.78, 5) is 0. The van der Waals surface area contributed by atoms with Crippen LogP contribution in [0.3, 0.4) is 0 Å². The summed E-state index contributed by atoms with van der Waals surface area (Å²) in [5.74, 6) is 2.12. The van der Waals surface area contributed by atoms with Crippen LogP contribution in [0.2, 0.25) is 0 Å². The van der Waals surface area contributed by atoms with E-state index >= 15 is 0 Å². The van der Waals surface area contributed by atoms with Gasteiger partial charge >= 0.3 is 0 Å². The summed E-state index contributed by atoms with van der Waals surface area (Å²) in [5, 5.41) is 0. The molecule has 0 aromatic heterocycles.